The van der Waals surface area contributed by atoms with E-state index < -0.39 is 23.2 Å². The maximum atomic E-state index is 11.0. The first-order valence-corrected chi connectivity index (χ1v) is 9.62. The van der Waals surface area contributed by atoms with Crippen molar-refractivity contribution in [2.24, 2.45) is 28.6 Å². The summed E-state index contributed by atoms with van der Waals surface area (Å²) >= 11 is 0. The van der Waals surface area contributed by atoms with Crippen molar-refractivity contribution in [3.8, 4) is 12.3 Å². The van der Waals surface area contributed by atoms with Crippen molar-refractivity contribution in [1.82, 2.24) is 0 Å². The number of hydrogen-bond acceptors (Lipinski definition) is 4. The molecule has 0 radical (unpaired) electrons. The van der Waals surface area contributed by atoms with E-state index in [4.69, 9.17) is 6.42 Å². The van der Waals surface area contributed by atoms with Crippen LogP contribution >= 0.6 is 0 Å². The molecule has 0 aromatic heterocycles. The van der Waals surface area contributed by atoms with E-state index in [1.54, 1.807) is 0 Å². The molecular weight excluding hydrogens is 316 g/mol. The Labute approximate surface area is 150 Å². The van der Waals surface area contributed by atoms with Gasteiger partial charge in [0.1, 0.15) is 5.60 Å². The van der Waals surface area contributed by atoms with Gasteiger partial charge in [-0.3, -0.25) is 0 Å². The Morgan fingerprint density at radius 1 is 1.16 bits per heavy atom. The molecule has 4 N–H and O–H groups in total. The summed E-state index contributed by atoms with van der Waals surface area (Å²) in [6, 6.07) is 0. The second kappa shape index (κ2) is 5.33. The zero-order chi connectivity index (χ0) is 18.2. The van der Waals surface area contributed by atoms with Gasteiger partial charge in [-0.1, -0.05) is 31.4 Å². The molecule has 25 heavy (non-hydrogen) atoms. The fourth-order valence-corrected chi connectivity index (χ4v) is 6.95. The Morgan fingerprint density at radius 3 is 2.56 bits per heavy atom. The van der Waals surface area contributed by atoms with Crippen LogP contribution < -0.4 is 0 Å². The van der Waals surface area contributed by atoms with Crippen LogP contribution in [0.15, 0.2) is 11.6 Å². The molecule has 3 saturated carbocycles. The van der Waals surface area contributed by atoms with Crippen molar-refractivity contribution in [1.29, 1.82) is 0 Å². The Bertz CT molecular complexity index is 651. The van der Waals surface area contributed by atoms with E-state index in [2.05, 4.69) is 12.8 Å². The first kappa shape index (κ1) is 17.5. The van der Waals surface area contributed by atoms with Crippen LogP contribution in [0.25, 0.3) is 0 Å². The van der Waals surface area contributed by atoms with Gasteiger partial charge in [-0.15, -0.1) is 6.42 Å². The van der Waals surface area contributed by atoms with Gasteiger partial charge in [0.25, 0.3) is 0 Å². The van der Waals surface area contributed by atoms with Crippen LogP contribution in [0.1, 0.15) is 52.4 Å². The zero-order valence-corrected chi connectivity index (χ0v) is 15.2. The molecule has 3 fully saturated rings. The summed E-state index contributed by atoms with van der Waals surface area (Å²) in [5.41, 5.74) is -0.751. The highest BCUT2D eigenvalue weighted by Gasteiger charge is 2.67. The normalized spacial score (nSPS) is 57.7. The van der Waals surface area contributed by atoms with Gasteiger partial charge in [0, 0.05) is 11.8 Å². The highest BCUT2D eigenvalue weighted by atomic mass is 16.3. The topological polar surface area (TPSA) is 80.9 Å². The molecule has 9 atom stereocenters. The summed E-state index contributed by atoms with van der Waals surface area (Å²) < 4.78 is 0. The quantitative estimate of drug-likeness (QED) is 0.397. The van der Waals surface area contributed by atoms with E-state index in [1.165, 1.54) is 5.57 Å². The van der Waals surface area contributed by atoms with E-state index in [0.717, 1.165) is 25.7 Å². The van der Waals surface area contributed by atoms with Crippen molar-refractivity contribution in [2.75, 3.05) is 0 Å². The van der Waals surface area contributed by atoms with Gasteiger partial charge in [-0.2, -0.15) is 0 Å². The molecule has 138 valence electrons. The smallest absolute Gasteiger partial charge is 0.133 e. The summed E-state index contributed by atoms with van der Waals surface area (Å²) in [5.74, 6) is 2.51. The maximum absolute atomic E-state index is 11.0. The van der Waals surface area contributed by atoms with Crippen LogP contribution in [0, 0.1) is 40.9 Å². The molecule has 0 saturated heterocycles. The van der Waals surface area contributed by atoms with Crippen LogP contribution in [0.4, 0.5) is 0 Å². The third kappa shape index (κ3) is 2.10. The predicted molar refractivity (Wildman–Crippen MR) is 94.3 cm³/mol. The van der Waals surface area contributed by atoms with Gasteiger partial charge in [-0.25, -0.2) is 0 Å². The first-order chi connectivity index (χ1) is 11.7. The van der Waals surface area contributed by atoms with Crippen molar-refractivity contribution in [3.05, 3.63) is 11.6 Å². The Hall–Kier alpha value is -0.860. The third-order valence-corrected chi connectivity index (χ3v) is 8.46. The lowest BCUT2D eigenvalue weighted by Gasteiger charge is -2.59. The minimum atomic E-state index is -1.31. The average molecular weight is 346 g/mol. The number of terminal acetylenes is 1. The Balaban J connectivity index is 1.78. The summed E-state index contributed by atoms with van der Waals surface area (Å²) in [7, 11) is 0. The molecule has 4 heteroatoms. The lowest BCUT2D eigenvalue weighted by atomic mass is 9.46. The fraction of sp³-hybridized carbons (Fsp3) is 0.810. The van der Waals surface area contributed by atoms with Gasteiger partial charge in [-0.05, 0) is 55.3 Å². The number of hydrogen-bond donors (Lipinski definition) is 4. The van der Waals surface area contributed by atoms with Gasteiger partial charge in [0.15, 0.2) is 0 Å². The summed E-state index contributed by atoms with van der Waals surface area (Å²) in [4.78, 5) is 0. The van der Waals surface area contributed by atoms with Crippen LogP contribution in [0.3, 0.4) is 0 Å². The third-order valence-electron chi connectivity index (χ3n) is 8.46. The maximum Gasteiger partial charge on any atom is 0.133 e. The Kier molecular flexibility index (Phi) is 3.74. The molecule has 0 aliphatic heterocycles. The van der Waals surface area contributed by atoms with Crippen LogP contribution in [0.2, 0.25) is 0 Å². The van der Waals surface area contributed by atoms with Crippen LogP contribution in [0.5, 0.6) is 0 Å². The number of fused-ring (bicyclic) bond motifs is 5. The molecule has 4 rings (SSSR count). The van der Waals surface area contributed by atoms with E-state index in [0.29, 0.717) is 6.42 Å². The standard InChI is InChI=1S/C21H30O4/c1-4-21(25)11-16(24)18-17-14(6-8-20(18,21)3)19(2)7-5-13(22)9-12(19)10-15(17)23/h1,10,13-18,22-25H,5-9,11H2,2-3H3/t13-,14?,15?,16?,17?,18?,19-,20-,21-/m0/s1. The zero-order valence-electron chi connectivity index (χ0n) is 15.2. The molecule has 4 aliphatic rings. The van der Waals surface area contributed by atoms with Crippen LogP contribution in [-0.2, 0) is 0 Å². The lowest BCUT2D eigenvalue weighted by Crippen LogP contribution is -2.58. The van der Waals surface area contributed by atoms with Gasteiger partial charge >= 0.3 is 0 Å². The molecule has 0 bridgehead atoms. The average Bonchev–Trinajstić information content (AvgIpc) is 2.76. The number of rotatable bonds is 0. The first-order valence-electron chi connectivity index (χ1n) is 9.62. The van der Waals surface area contributed by atoms with Crippen molar-refractivity contribution in [3.63, 3.8) is 0 Å². The lowest BCUT2D eigenvalue weighted by molar-refractivity contribution is -0.136. The number of aliphatic hydroxyl groups excluding tert-OH is 3. The SMILES string of the molecule is C#C[C@]1(O)CC(O)C2C3C(O)C=C4C[C@@H](O)CC[C@]4(C)C3CC[C@@]21C. The molecule has 0 amide bonds. The van der Waals surface area contributed by atoms with Gasteiger partial charge < -0.3 is 20.4 Å². The van der Waals surface area contributed by atoms with E-state index >= 15 is 0 Å². The summed E-state index contributed by atoms with van der Waals surface area (Å²) in [5, 5.41) is 42.8. The Morgan fingerprint density at radius 2 is 1.88 bits per heavy atom. The molecule has 5 unspecified atom stereocenters. The minimum Gasteiger partial charge on any atom is -0.393 e. The second-order valence-electron chi connectivity index (χ2n) is 9.44. The summed E-state index contributed by atoms with van der Waals surface area (Å²) in [6.07, 6.45) is 10.1. The highest BCUT2D eigenvalue weighted by Crippen LogP contribution is 2.66. The molecule has 4 nitrogen and oxygen atoms in total. The fourth-order valence-electron chi connectivity index (χ4n) is 6.95. The van der Waals surface area contributed by atoms with E-state index in [-0.39, 0.29) is 35.7 Å². The largest absolute Gasteiger partial charge is 0.393 e. The van der Waals surface area contributed by atoms with Gasteiger partial charge in [0.05, 0.1) is 18.3 Å². The second-order valence-corrected chi connectivity index (χ2v) is 9.44. The monoisotopic (exact) mass is 346 g/mol. The minimum absolute atomic E-state index is 0.0406. The molecule has 0 aromatic rings. The van der Waals surface area contributed by atoms with Gasteiger partial charge in [0.2, 0.25) is 0 Å². The highest BCUT2D eigenvalue weighted by molar-refractivity contribution is 5.31. The molecular formula is C21H30O4. The summed E-state index contributed by atoms with van der Waals surface area (Å²) in [6.45, 7) is 4.24. The van der Waals surface area contributed by atoms with E-state index in [9.17, 15) is 20.4 Å². The predicted octanol–water partition coefficient (Wildman–Crippen LogP) is 1.62. The van der Waals surface area contributed by atoms with Crippen molar-refractivity contribution < 1.29 is 20.4 Å². The van der Waals surface area contributed by atoms with Crippen molar-refractivity contribution >= 4 is 0 Å². The molecule has 0 spiro atoms. The van der Waals surface area contributed by atoms with Crippen LogP contribution in [-0.4, -0.2) is 44.3 Å². The molecule has 4 aliphatic carbocycles. The molecule has 0 heterocycles. The van der Waals surface area contributed by atoms with E-state index in [1.807, 2.05) is 13.0 Å². The van der Waals surface area contributed by atoms with Crippen molar-refractivity contribution in [2.45, 2.75) is 76.3 Å². The number of aliphatic hydroxyl groups is 4. The molecule has 0 aromatic carbocycles.